The van der Waals surface area contributed by atoms with Crippen LogP contribution in [0.5, 0.6) is 0 Å². The zero-order valence-corrected chi connectivity index (χ0v) is 32.5. The summed E-state index contributed by atoms with van der Waals surface area (Å²) in [5, 5.41) is 15.1. The summed E-state index contributed by atoms with van der Waals surface area (Å²) in [5.41, 5.74) is 0.686. The van der Waals surface area contributed by atoms with E-state index < -0.39 is 46.3 Å². The van der Waals surface area contributed by atoms with Crippen molar-refractivity contribution in [1.29, 1.82) is 5.26 Å². The number of rotatable bonds is 10. The van der Waals surface area contributed by atoms with E-state index in [4.69, 9.17) is 17.5 Å². The third-order valence-corrected chi connectivity index (χ3v) is 10.9. The van der Waals surface area contributed by atoms with Crippen LogP contribution in [0.15, 0.2) is 72.8 Å². The van der Waals surface area contributed by atoms with Crippen LogP contribution in [0, 0.1) is 23.0 Å². The topological polar surface area (TPSA) is 138 Å². The van der Waals surface area contributed by atoms with Crippen LogP contribution in [0.2, 0.25) is 0 Å². The van der Waals surface area contributed by atoms with Gasteiger partial charge >= 0.3 is 6.18 Å². The van der Waals surface area contributed by atoms with E-state index in [1.807, 2.05) is 24.3 Å². The highest BCUT2D eigenvalue weighted by Crippen LogP contribution is 2.41. The minimum absolute atomic E-state index is 0.0589. The number of hydrogen-bond donors (Lipinski definition) is 3. The SMILES string of the molecule is CC1(C)C(=O)N(c2ccc(C#N)c(C(F)(F)F)c2)C(=S)N1c1ccc(C(=O)NCCCC(=O)NCc2ccc(-c3[nH]c4cc(F)cc5c4c3CCCC5=O)cc2)c(F)c1. The number of thiocarbonyl (C=S) groups is 1. The van der Waals surface area contributed by atoms with Crippen LogP contribution in [0.4, 0.5) is 33.3 Å². The molecule has 0 atom stereocenters. The molecule has 1 aliphatic carbocycles. The molecule has 7 rings (SSSR count). The molecule has 4 aromatic carbocycles. The predicted molar refractivity (Wildman–Crippen MR) is 214 cm³/mol. The zero-order chi connectivity index (χ0) is 42.4. The number of ketones is 1. The van der Waals surface area contributed by atoms with Crippen LogP contribution in [0.25, 0.3) is 22.2 Å². The van der Waals surface area contributed by atoms with E-state index in [1.54, 1.807) is 0 Å². The lowest BCUT2D eigenvalue weighted by molar-refractivity contribution is -0.137. The number of halogens is 5. The molecule has 302 valence electrons. The molecular formula is C43H35F5N6O4S. The molecular weight excluding hydrogens is 792 g/mol. The van der Waals surface area contributed by atoms with Crippen LogP contribution in [-0.4, -0.2) is 45.7 Å². The van der Waals surface area contributed by atoms with Gasteiger partial charge in [0.15, 0.2) is 10.9 Å². The Morgan fingerprint density at radius 2 is 1.68 bits per heavy atom. The fourth-order valence-electron chi connectivity index (χ4n) is 7.55. The standard InChI is InChI=1S/C43H35F5N6O4S/c1-42(2)40(58)53(27-13-12-25(21-49)32(19-27)43(46,47)48)41(59)54(42)28-14-15-29(33(45)20-28)39(57)50-16-4-7-36(56)51-22-23-8-10-24(11-9-23)38-30-5-3-6-35(55)31-17-26(44)18-34(52-38)37(30)31/h8-15,17-20,52H,3-7,16,22H2,1-2H3,(H,50,57)(H,51,56). The molecule has 3 N–H and O–H groups in total. The normalized spacial score (nSPS) is 15.1. The molecule has 1 aromatic heterocycles. The van der Waals surface area contributed by atoms with Crippen molar-refractivity contribution in [2.75, 3.05) is 16.3 Å². The van der Waals surface area contributed by atoms with Gasteiger partial charge in [-0.3, -0.25) is 24.1 Å². The van der Waals surface area contributed by atoms with Gasteiger partial charge in [0.1, 0.15) is 17.2 Å². The molecule has 0 radical (unpaired) electrons. The number of alkyl halides is 3. The zero-order valence-electron chi connectivity index (χ0n) is 31.7. The van der Waals surface area contributed by atoms with Crippen molar-refractivity contribution in [2.45, 2.75) is 64.2 Å². The van der Waals surface area contributed by atoms with Gasteiger partial charge in [-0.05, 0) is 111 Å². The number of benzene rings is 4. The Labute approximate surface area is 340 Å². The smallest absolute Gasteiger partial charge is 0.354 e. The van der Waals surface area contributed by atoms with Crippen LogP contribution >= 0.6 is 12.2 Å². The fraction of sp³-hybridized carbons (Fsp3) is 0.256. The van der Waals surface area contributed by atoms with E-state index in [0.29, 0.717) is 36.4 Å². The van der Waals surface area contributed by atoms with Gasteiger partial charge in [0.2, 0.25) is 5.91 Å². The number of carbonyl (C=O) groups excluding carboxylic acids is 4. The summed E-state index contributed by atoms with van der Waals surface area (Å²) in [6, 6.07) is 18.0. The average molecular weight is 827 g/mol. The largest absolute Gasteiger partial charge is 0.417 e. The lowest BCUT2D eigenvalue weighted by Gasteiger charge is -2.29. The number of carbonyl (C=O) groups is 4. The second-order valence-electron chi connectivity index (χ2n) is 14.8. The van der Waals surface area contributed by atoms with E-state index >= 15 is 4.39 Å². The Kier molecular flexibility index (Phi) is 10.8. The highest BCUT2D eigenvalue weighted by Gasteiger charge is 2.51. The van der Waals surface area contributed by atoms with Crippen molar-refractivity contribution in [3.05, 3.63) is 118 Å². The third-order valence-electron chi connectivity index (χ3n) is 10.5. The monoisotopic (exact) mass is 826 g/mol. The number of nitrogens with zero attached hydrogens (tertiary/aromatic N) is 3. The summed E-state index contributed by atoms with van der Waals surface area (Å²) in [7, 11) is 0. The summed E-state index contributed by atoms with van der Waals surface area (Å²) in [6.45, 7) is 3.24. The highest BCUT2D eigenvalue weighted by molar-refractivity contribution is 7.81. The van der Waals surface area contributed by atoms with Crippen LogP contribution < -0.4 is 20.4 Å². The first-order valence-electron chi connectivity index (χ1n) is 18.6. The summed E-state index contributed by atoms with van der Waals surface area (Å²) in [5.74, 6) is -3.20. The average Bonchev–Trinajstić information content (AvgIpc) is 3.56. The number of aromatic nitrogens is 1. The number of aromatic amines is 1. The number of H-pyrrole nitrogens is 1. The molecule has 1 fully saturated rings. The molecule has 16 heteroatoms. The molecule has 2 heterocycles. The predicted octanol–water partition coefficient (Wildman–Crippen LogP) is 8.27. The van der Waals surface area contributed by atoms with E-state index in [9.17, 15) is 36.7 Å². The first kappa shape index (κ1) is 40.7. The second-order valence-corrected chi connectivity index (χ2v) is 15.2. The first-order chi connectivity index (χ1) is 28.0. The Balaban J connectivity index is 0.922. The number of Topliss-reactive ketones (excluding diaryl/α,β-unsaturated/α-hetero) is 1. The Morgan fingerprint density at radius 3 is 2.37 bits per heavy atom. The van der Waals surface area contributed by atoms with Crippen molar-refractivity contribution in [2.24, 2.45) is 0 Å². The van der Waals surface area contributed by atoms with Crippen LogP contribution in [-0.2, 0) is 28.7 Å². The van der Waals surface area contributed by atoms with Crippen LogP contribution in [0.3, 0.4) is 0 Å². The minimum atomic E-state index is -4.88. The lowest BCUT2D eigenvalue weighted by atomic mass is 9.99. The molecule has 3 amide bonds. The Hall–Kier alpha value is -6.47. The molecule has 0 unspecified atom stereocenters. The molecule has 0 saturated carbocycles. The van der Waals surface area contributed by atoms with Gasteiger partial charge in [-0.2, -0.15) is 18.4 Å². The molecule has 5 aromatic rings. The van der Waals surface area contributed by atoms with Gasteiger partial charge in [-0.1, -0.05) is 24.3 Å². The highest BCUT2D eigenvalue weighted by atomic mass is 32.1. The van der Waals surface area contributed by atoms with Crippen molar-refractivity contribution < 1.29 is 41.1 Å². The van der Waals surface area contributed by atoms with Crippen molar-refractivity contribution in [3.8, 4) is 17.3 Å². The third kappa shape index (κ3) is 7.77. The number of amides is 3. The van der Waals surface area contributed by atoms with Gasteiger partial charge < -0.3 is 20.5 Å². The lowest BCUT2D eigenvalue weighted by Crippen LogP contribution is -2.44. The Bertz CT molecular complexity index is 2610. The van der Waals surface area contributed by atoms with E-state index in [1.165, 1.54) is 55.1 Å². The summed E-state index contributed by atoms with van der Waals surface area (Å²) >= 11 is 5.50. The first-order valence-corrected chi connectivity index (χ1v) is 19.0. The fourth-order valence-corrected chi connectivity index (χ4v) is 8.08. The summed E-state index contributed by atoms with van der Waals surface area (Å²) < 4.78 is 70.7. The number of nitrogens with one attached hydrogen (secondary N) is 3. The maximum atomic E-state index is 15.4. The maximum Gasteiger partial charge on any atom is 0.417 e. The summed E-state index contributed by atoms with van der Waals surface area (Å²) in [6.07, 6.45) is -2.85. The minimum Gasteiger partial charge on any atom is -0.354 e. The molecule has 1 saturated heterocycles. The molecule has 0 bridgehead atoms. The van der Waals surface area contributed by atoms with Gasteiger partial charge in [0, 0.05) is 53.8 Å². The number of nitriles is 1. The van der Waals surface area contributed by atoms with Crippen LogP contribution in [0.1, 0.15) is 82.5 Å². The van der Waals surface area contributed by atoms with Gasteiger partial charge in [0.25, 0.3) is 11.8 Å². The number of anilines is 2. The Morgan fingerprint density at radius 1 is 0.949 bits per heavy atom. The van der Waals surface area contributed by atoms with Crippen molar-refractivity contribution >= 4 is 63.1 Å². The maximum absolute atomic E-state index is 15.4. The molecule has 0 spiro atoms. The number of aryl methyl sites for hydroxylation is 1. The molecule has 2 aliphatic rings. The molecule has 1 aliphatic heterocycles. The van der Waals surface area contributed by atoms with E-state index in [2.05, 4.69) is 15.6 Å². The van der Waals surface area contributed by atoms with Gasteiger partial charge in [0.05, 0.1) is 28.4 Å². The molecule has 10 nitrogen and oxygen atoms in total. The number of hydrogen-bond acceptors (Lipinski definition) is 6. The second kappa shape index (κ2) is 15.7. The van der Waals surface area contributed by atoms with Crippen molar-refractivity contribution in [1.82, 2.24) is 15.6 Å². The van der Waals surface area contributed by atoms with E-state index in [-0.39, 0.29) is 59.7 Å². The van der Waals surface area contributed by atoms with Gasteiger partial charge in [-0.15, -0.1) is 0 Å². The molecule has 59 heavy (non-hydrogen) atoms. The van der Waals surface area contributed by atoms with E-state index in [0.717, 1.165) is 44.8 Å². The van der Waals surface area contributed by atoms with Crippen molar-refractivity contribution in [3.63, 3.8) is 0 Å². The summed E-state index contributed by atoms with van der Waals surface area (Å²) in [4.78, 5) is 57.0. The van der Waals surface area contributed by atoms with Gasteiger partial charge in [-0.25, -0.2) is 8.78 Å². The quantitative estimate of drug-likeness (QED) is 0.0733.